The molecule has 1 aromatic heterocycles. The van der Waals surface area contributed by atoms with Gasteiger partial charge in [0.25, 0.3) is 11.5 Å². The van der Waals surface area contributed by atoms with Crippen LogP contribution in [0.4, 0.5) is 0 Å². The van der Waals surface area contributed by atoms with Crippen LogP contribution < -0.4 is 20.3 Å². The molecule has 0 fully saturated rings. The van der Waals surface area contributed by atoms with E-state index in [-0.39, 0.29) is 30.0 Å². The van der Waals surface area contributed by atoms with E-state index in [2.05, 4.69) is 15.5 Å². The summed E-state index contributed by atoms with van der Waals surface area (Å²) in [4.78, 5) is 24.5. The molecule has 126 valence electrons. The number of H-pyrrole nitrogens is 1. The number of rotatable bonds is 3. The van der Waals surface area contributed by atoms with Gasteiger partial charge in [-0.1, -0.05) is 24.3 Å². The number of ether oxygens (including phenoxy) is 2. The Balaban J connectivity index is 1.62. The number of carbonyl (C=O) groups is 1. The molecule has 3 aromatic rings. The van der Waals surface area contributed by atoms with Gasteiger partial charge in [0.1, 0.15) is 0 Å². The summed E-state index contributed by atoms with van der Waals surface area (Å²) in [5, 5.41) is 10.1. The fraction of sp³-hybridized carbons (Fsp3) is 0.167. The van der Waals surface area contributed by atoms with Crippen molar-refractivity contribution < 1.29 is 14.3 Å². The van der Waals surface area contributed by atoms with E-state index >= 15 is 0 Å². The van der Waals surface area contributed by atoms with Crippen LogP contribution in [0.15, 0.2) is 47.3 Å². The van der Waals surface area contributed by atoms with Gasteiger partial charge in [0, 0.05) is 5.39 Å². The SMILES string of the molecule is C[C@@H](NC(=O)c1n[nH]c(=O)c2ccccc12)c1ccc2c(c1)OCO2. The molecule has 0 bridgehead atoms. The van der Waals surface area contributed by atoms with E-state index in [1.807, 2.05) is 25.1 Å². The average molecular weight is 337 g/mol. The van der Waals surface area contributed by atoms with Gasteiger partial charge < -0.3 is 14.8 Å². The molecule has 0 unspecified atom stereocenters. The summed E-state index contributed by atoms with van der Waals surface area (Å²) >= 11 is 0. The first-order chi connectivity index (χ1) is 12.1. The number of aromatic amines is 1. The third-order valence-electron chi connectivity index (χ3n) is 4.16. The second kappa shape index (κ2) is 5.94. The Morgan fingerprint density at radius 3 is 2.76 bits per heavy atom. The lowest BCUT2D eigenvalue weighted by Crippen LogP contribution is -2.29. The zero-order valence-corrected chi connectivity index (χ0v) is 13.4. The summed E-state index contributed by atoms with van der Waals surface area (Å²) in [6, 6.07) is 12.1. The quantitative estimate of drug-likeness (QED) is 0.764. The largest absolute Gasteiger partial charge is 0.454 e. The average Bonchev–Trinajstić information content (AvgIpc) is 3.09. The molecule has 1 atom stereocenters. The maximum atomic E-state index is 12.6. The lowest BCUT2D eigenvalue weighted by molar-refractivity contribution is 0.0935. The fourth-order valence-electron chi connectivity index (χ4n) is 2.82. The van der Waals surface area contributed by atoms with Crippen LogP contribution in [0, 0.1) is 0 Å². The molecule has 0 saturated carbocycles. The highest BCUT2D eigenvalue weighted by Crippen LogP contribution is 2.34. The molecule has 7 nitrogen and oxygen atoms in total. The maximum Gasteiger partial charge on any atom is 0.272 e. The van der Waals surface area contributed by atoms with Crippen molar-refractivity contribution in [2.24, 2.45) is 0 Å². The third-order valence-corrected chi connectivity index (χ3v) is 4.16. The van der Waals surface area contributed by atoms with Crippen molar-refractivity contribution in [3.63, 3.8) is 0 Å². The number of hydrogen-bond acceptors (Lipinski definition) is 5. The molecule has 0 spiro atoms. The summed E-state index contributed by atoms with van der Waals surface area (Å²) in [5.74, 6) is 0.986. The first-order valence-corrected chi connectivity index (χ1v) is 7.81. The van der Waals surface area contributed by atoms with Crippen molar-refractivity contribution >= 4 is 16.7 Å². The van der Waals surface area contributed by atoms with Gasteiger partial charge in [0.05, 0.1) is 11.4 Å². The van der Waals surface area contributed by atoms with Crippen LogP contribution in [0.1, 0.15) is 29.0 Å². The van der Waals surface area contributed by atoms with E-state index in [1.54, 1.807) is 24.3 Å². The zero-order valence-electron chi connectivity index (χ0n) is 13.4. The van der Waals surface area contributed by atoms with Gasteiger partial charge in [0.2, 0.25) is 6.79 Å². The molecule has 1 aliphatic heterocycles. The van der Waals surface area contributed by atoms with Crippen LogP contribution in [0.2, 0.25) is 0 Å². The van der Waals surface area contributed by atoms with Gasteiger partial charge in [-0.15, -0.1) is 0 Å². The van der Waals surface area contributed by atoms with E-state index in [9.17, 15) is 9.59 Å². The van der Waals surface area contributed by atoms with Crippen LogP contribution in [0.3, 0.4) is 0 Å². The van der Waals surface area contributed by atoms with E-state index in [1.165, 1.54) is 0 Å². The molecule has 7 heteroatoms. The lowest BCUT2D eigenvalue weighted by atomic mass is 10.1. The van der Waals surface area contributed by atoms with Gasteiger partial charge in [-0.25, -0.2) is 5.10 Å². The Morgan fingerprint density at radius 2 is 1.92 bits per heavy atom. The molecule has 25 heavy (non-hydrogen) atoms. The number of hydrogen-bond donors (Lipinski definition) is 2. The number of benzene rings is 2. The first kappa shape index (κ1) is 15.2. The predicted molar refractivity (Wildman–Crippen MR) is 90.8 cm³/mol. The van der Waals surface area contributed by atoms with Gasteiger partial charge >= 0.3 is 0 Å². The molecule has 0 aliphatic carbocycles. The molecule has 0 radical (unpaired) electrons. The zero-order chi connectivity index (χ0) is 17.4. The molecule has 4 rings (SSSR count). The highest BCUT2D eigenvalue weighted by atomic mass is 16.7. The summed E-state index contributed by atoms with van der Waals surface area (Å²) in [6.07, 6.45) is 0. The number of aromatic nitrogens is 2. The molecule has 2 heterocycles. The highest BCUT2D eigenvalue weighted by Gasteiger charge is 2.19. The van der Waals surface area contributed by atoms with Crippen molar-refractivity contribution in [3.8, 4) is 11.5 Å². The van der Waals surface area contributed by atoms with Crippen molar-refractivity contribution in [1.29, 1.82) is 0 Å². The van der Waals surface area contributed by atoms with Crippen LogP contribution in [-0.2, 0) is 0 Å². The normalized spacial score (nSPS) is 13.6. The molecule has 0 saturated heterocycles. The monoisotopic (exact) mass is 337 g/mol. The summed E-state index contributed by atoms with van der Waals surface area (Å²) in [7, 11) is 0. The molecule has 2 aromatic carbocycles. The second-order valence-corrected chi connectivity index (χ2v) is 5.75. The highest BCUT2D eigenvalue weighted by molar-refractivity contribution is 6.04. The summed E-state index contributed by atoms with van der Waals surface area (Å²) in [5.41, 5.74) is 0.741. The van der Waals surface area contributed by atoms with Crippen LogP contribution in [0.5, 0.6) is 11.5 Å². The first-order valence-electron chi connectivity index (χ1n) is 7.81. The number of fused-ring (bicyclic) bond motifs is 2. The standard InChI is InChI=1S/C18H15N3O4/c1-10(11-6-7-14-15(8-11)25-9-24-14)19-18(23)16-12-4-2-3-5-13(12)17(22)21-20-16/h2-8,10H,9H2,1H3,(H,19,23)(H,21,22)/t10-/m1/s1. The van der Waals surface area contributed by atoms with E-state index in [4.69, 9.17) is 9.47 Å². The summed E-state index contributed by atoms with van der Waals surface area (Å²) in [6.45, 7) is 2.07. The second-order valence-electron chi connectivity index (χ2n) is 5.75. The van der Waals surface area contributed by atoms with Crippen molar-refractivity contribution in [3.05, 3.63) is 64.1 Å². The van der Waals surface area contributed by atoms with Gasteiger partial charge in [-0.3, -0.25) is 9.59 Å². The van der Waals surface area contributed by atoms with E-state index < -0.39 is 0 Å². The summed E-state index contributed by atoms with van der Waals surface area (Å²) < 4.78 is 10.7. The minimum atomic E-state index is -0.363. The minimum Gasteiger partial charge on any atom is -0.454 e. The molecular weight excluding hydrogens is 322 g/mol. The Kier molecular flexibility index (Phi) is 3.61. The molecule has 1 aliphatic rings. The Labute approximate surface area is 142 Å². The van der Waals surface area contributed by atoms with Crippen LogP contribution in [-0.4, -0.2) is 22.9 Å². The number of amides is 1. The molecule has 2 N–H and O–H groups in total. The fourth-order valence-corrected chi connectivity index (χ4v) is 2.82. The predicted octanol–water partition coefficient (Wildman–Crippen LogP) is 2.14. The third kappa shape index (κ3) is 2.69. The maximum absolute atomic E-state index is 12.6. The van der Waals surface area contributed by atoms with Crippen molar-refractivity contribution in [2.45, 2.75) is 13.0 Å². The number of nitrogens with one attached hydrogen (secondary N) is 2. The number of nitrogens with zero attached hydrogens (tertiary/aromatic N) is 1. The lowest BCUT2D eigenvalue weighted by Gasteiger charge is -2.15. The van der Waals surface area contributed by atoms with E-state index in [0.717, 1.165) is 5.56 Å². The van der Waals surface area contributed by atoms with Gasteiger partial charge in [-0.2, -0.15) is 5.10 Å². The van der Waals surface area contributed by atoms with Crippen molar-refractivity contribution in [1.82, 2.24) is 15.5 Å². The van der Waals surface area contributed by atoms with Crippen molar-refractivity contribution in [2.75, 3.05) is 6.79 Å². The minimum absolute atomic E-state index is 0.183. The van der Waals surface area contributed by atoms with Gasteiger partial charge in [0.15, 0.2) is 17.2 Å². The van der Waals surface area contributed by atoms with Crippen LogP contribution >= 0.6 is 0 Å². The Morgan fingerprint density at radius 1 is 1.16 bits per heavy atom. The van der Waals surface area contributed by atoms with E-state index in [0.29, 0.717) is 22.3 Å². The molecular formula is C18H15N3O4. The Bertz CT molecular complexity index is 1030. The number of carbonyl (C=O) groups excluding carboxylic acids is 1. The van der Waals surface area contributed by atoms with Crippen LogP contribution in [0.25, 0.3) is 10.8 Å². The molecule has 1 amide bonds. The topological polar surface area (TPSA) is 93.3 Å². The smallest absolute Gasteiger partial charge is 0.272 e. The van der Waals surface area contributed by atoms with Gasteiger partial charge in [-0.05, 0) is 30.7 Å². The Hall–Kier alpha value is -3.35.